The van der Waals surface area contributed by atoms with Crippen LogP contribution in [0.1, 0.15) is 37.3 Å². The number of para-hydroxylation sites is 2. The number of nitrogens with one attached hydrogen (secondary N) is 1. The Kier molecular flexibility index (Phi) is 4.26. The molecule has 1 N–H and O–H groups in total. The molecule has 1 aliphatic heterocycles. The zero-order chi connectivity index (χ0) is 17.2. The SMILES string of the molecule is CCc1nc2ccccc2n1C1CCN(C(=O)Cc2ccn[nH]2)CC1. The number of hydrogen-bond acceptors (Lipinski definition) is 3. The predicted octanol–water partition coefficient (Wildman–Crippen LogP) is 2.73. The number of nitrogens with zero attached hydrogens (tertiary/aromatic N) is 4. The Labute approximate surface area is 146 Å². The Morgan fingerprint density at radius 1 is 1.24 bits per heavy atom. The molecule has 4 rings (SSSR count). The van der Waals surface area contributed by atoms with Gasteiger partial charge in [-0.25, -0.2) is 4.98 Å². The number of fused-ring (bicyclic) bond motifs is 1. The third kappa shape index (κ3) is 3.04. The molecule has 0 radical (unpaired) electrons. The van der Waals surface area contributed by atoms with Crippen LogP contribution in [0.15, 0.2) is 36.5 Å². The average Bonchev–Trinajstić information content (AvgIpc) is 3.28. The minimum Gasteiger partial charge on any atom is -0.342 e. The Bertz CT molecular complexity index is 859. The van der Waals surface area contributed by atoms with Crippen LogP contribution in [-0.2, 0) is 17.6 Å². The van der Waals surface area contributed by atoms with E-state index in [4.69, 9.17) is 4.98 Å². The second kappa shape index (κ2) is 6.70. The molecule has 6 heteroatoms. The van der Waals surface area contributed by atoms with E-state index in [0.717, 1.165) is 49.4 Å². The number of H-pyrrole nitrogens is 1. The summed E-state index contributed by atoms with van der Waals surface area (Å²) in [5.74, 6) is 1.32. The maximum Gasteiger partial charge on any atom is 0.228 e. The fraction of sp³-hybridized carbons (Fsp3) is 0.421. The second-order valence-corrected chi connectivity index (χ2v) is 6.61. The largest absolute Gasteiger partial charge is 0.342 e. The third-order valence-corrected chi connectivity index (χ3v) is 5.07. The molecule has 0 saturated carbocycles. The minimum atomic E-state index is 0.175. The quantitative estimate of drug-likeness (QED) is 0.796. The Hall–Kier alpha value is -2.63. The van der Waals surface area contributed by atoms with Crippen LogP contribution < -0.4 is 0 Å². The lowest BCUT2D eigenvalue weighted by molar-refractivity contribution is -0.131. The molecule has 130 valence electrons. The number of carbonyl (C=O) groups excluding carboxylic acids is 1. The lowest BCUT2D eigenvalue weighted by Crippen LogP contribution is -2.40. The van der Waals surface area contributed by atoms with Crippen LogP contribution in [0.25, 0.3) is 11.0 Å². The van der Waals surface area contributed by atoms with Crippen molar-refractivity contribution < 1.29 is 4.79 Å². The van der Waals surface area contributed by atoms with E-state index >= 15 is 0 Å². The van der Waals surface area contributed by atoms with Gasteiger partial charge in [-0.05, 0) is 31.0 Å². The molecule has 2 aromatic heterocycles. The molecule has 1 aliphatic rings. The highest BCUT2D eigenvalue weighted by Gasteiger charge is 2.26. The van der Waals surface area contributed by atoms with Crippen LogP contribution in [0.4, 0.5) is 0 Å². The van der Waals surface area contributed by atoms with E-state index < -0.39 is 0 Å². The first-order valence-corrected chi connectivity index (χ1v) is 8.98. The normalized spacial score (nSPS) is 15.8. The highest BCUT2D eigenvalue weighted by atomic mass is 16.2. The molecule has 1 saturated heterocycles. The lowest BCUT2D eigenvalue weighted by atomic mass is 10.0. The van der Waals surface area contributed by atoms with Crippen molar-refractivity contribution in [1.82, 2.24) is 24.6 Å². The maximum absolute atomic E-state index is 12.5. The van der Waals surface area contributed by atoms with Crippen LogP contribution in [0.5, 0.6) is 0 Å². The Balaban J connectivity index is 1.48. The first-order valence-electron chi connectivity index (χ1n) is 8.98. The van der Waals surface area contributed by atoms with E-state index in [2.05, 4.69) is 39.9 Å². The summed E-state index contributed by atoms with van der Waals surface area (Å²) in [6.07, 6.45) is 4.96. The summed E-state index contributed by atoms with van der Waals surface area (Å²) in [6.45, 7) is 3.75. The molecule has 1 fully saturated rings. The van der Waals surface area contributed by atoms with Gasteiger partial charge in [-0.1, -0.05) is 19.1 Å². The first-order chi connectivity index (χ1) is 12.3. The number of hydrogen-bond donors (Lipinski definition) is 1. The van der Waals surface area contributed by atoms with E-state index in [1.807, 2.05) is 17.0 Å². The van der Waals surface area contributed by atoms with Crippen LogP contribution in [0.3, 0.4) is 0 Å². The van der Waals surface area contributed by atoms with Crippen molar-refractivity contribution in [2.75, 3.05) is 13.1 Å². The zero-order valence-electron chi connectivity index (χ0n) is 14.5. The Morgan fingerprint density at radius 2 is 2.04 bits per heavy atom. The van der Waals surface area contributed by atoms with Gasteiger partial charge in [0.25, 0.3) is 0 Å². The maximum atomic E-state index is 12.5. The highest BCUT2D eigenvalue weighted by Crippen LogP contribution is 2.29. The van der Waals surface area contributed by atoms with Gasteiger partial charge in [-0.3, -0.25) is 9.89 Å². The summed E-state index contributed by atoms with van der Waals surface area (Å²) in [5, 5.41) is 6.77. The van der Waals surface area contributed by atoms with Gasteiger partial charge < -0.3 is 9.47 Å². The van der Waals surface area contributed by atoms with E-state index in [-0.39, 0.29) is 5.91 Å². The summed E-state index contributed by atoms with van der Waals surface area (Å²) in [6, 6.07) is 10.6. The molecule has 0 atom stereocenters. The smallest absolute Gasteiger partial charge is 0.228 e. The molecule has 0 aliphatic carbocycles. The summed E-state index contributed by atoms with van der Waals surface area (Å²) < 4.78 is 2.39. The van der Waals surface area contributed by atoms with E-state index in [1.165, 1.54) is 5.52 Å². The predicted molar refractivity (Wildman–Crippen MR) is 96.3 cm³/mol. The molecule has 3 aromatic rings. The summed E-state index contributed by atoms with van der Waals surface area (Å²) >= 11 is 0. The van der Waals surface area contributed by atoms with Gasteiger partial charge >= 0.3 is 0 Å². The van der Waals surface area contributed by atoms with Crippen molar-refractivity contribution in [3.8, 4) is 0 Å². The van der Waals surface area contributed by atoms with E-state index in [1.54, 1.807) is 6.20 Å². The molecule has 1 aromatic carbocycles. The van der Waals surface area contributed by atoms with Crippen molar-refractivity contribution in [2.45, 2.75) is 38.6 Å². The lowest BCUT2D eigenvalue weighted by Gasteiger charge is -2.33. The van der Waals surface area contributed by atoms with Crippen molar-refractivity contribution in [2.24, 2.45) is 0 Å². The van der Waals surface area contributed by atoms with Gasteiger partial charge in [0.05, 0.1) is 17.5 Å². The third-order valence-electron chi connectivity index (χ3n) is 5.07. The molecule has 0 spiro atoms. The number of aryl methyl sites for hydroxylation is 1. The van der Waals surface area contributed by atoms with Crippen LogP contribution in [0.2, 0.25) is 0 Å². The number of carbonyl (C=O) groups is 1. The number of amides is 1. The molecule has 6 nitrogen and oxygen atoms in total. The number of benzene rings is 1. The standard InChI is InChI=1S/C19H23N5O/c1-2-18-21-16-5-3-4-6-17(16)24(18)15-8-11-23(12-9-15)19(25)13-14-7-10-20-22-14/h3-7,10,15H,2,8-9,11-13H2,1H3,(H,20,22). The zero-order valence-corrected chi connectivity index (χ0v) is 14.5. The van der Waals surface area contributed by atoms with Crippen LogP contribution in [-0.4, -0.2) is 43.6 Å². The summed E-state index contributed by atoms with van der Waals surface area (Å²) in [4.78, 5) is 19.2. The van der Waals surface area contributed by atoms with Gasteiger partial charge in [0.2, 0.25) is 5.91 Å². The minimum absolute atomic E-state index is 0.175. The number of imidazole rings is 1. The summed E-state index contributed by atoms with van der Waals surface area (Å²) in [7, 11) is 0. The molecular formula is C19H23N5O. The number of aromatic nitrogens is 4. The second-order valence-electron chi connectivity index (χ2n) is 6.61. The molecule has 0 bridgehead atoms. The van der Waals surface area contributed by atoms with Crippen molar-refractivity contribution in [3.63, 3.8) is 0 Å². The molecule has 25 heavy (non-hydrogen) atoms. The topological polar surface area (TPSA) is 66.8 Å². The summed E-state index contributed by atoms with van der Waals surface area (Å²) in [5.41, 5.74) is 3.15. The monoisotopic (exact) mass is 337 g/mol. The van der Waals surface area contributed by atoms with Gasteiger partial charge in [-0.15, -0.1) is 0 Å². The van der Waals surface area contributed by atoms with Crippen molar-refractivity contribution in [3.05, 3.63) is 48.0 Å². The van der Waals surface area contributed by atoms with Crippen LogP contribution >= 0.6 is 0 Å². The van der Waals surface area contributed by atoms with E-state index in [9.17, 15) is 4.79 Å². The number of aromatic amines is 1. The van der Waals surface area contributed by atoms with Gasteiger partial charge in [-0.2, -0.15) is 5.10 Å². The van der Waals surface area contributed by atoms with Gasteiger partial charge in [0.15, 0.2) is 0 Å². The van der Waals surface area contributed by atoms with Crippen molar-refractivity contribution in [1.29, 1.82) is 0 Å². The van der Waals surface area contributed by atoms with Crippen LogP contribution in [0, 0.1) is 0 Å². The fourth-order valence-electron chi connectivity index (χ4n) is 3.78. The average molecular weight is 337 g/mol. The molecule has 3 heterocycles. The molecular weight excluding hydrogens is 314 g/mol. The number of rotatable bonds is 4. The van der Waals surface area contributed by atoms with E-state index in [0.29, 0.717) is 12.5 Å². The first kappa shape index (κ1) is 15.9. The number of piperidine rings is 1. The van der Waals surface area contributed by atoms with Gasteiger partial charge in [0, 0.05) is 37.4 Å². The fourth-order valence-corrected chi connectivity index (χ4v) is 3.78. The van der Waals surface area contributed by atoms with Crippen molar-refractivity contribution >= 4 is 16.9 Å². The molecule has 0 unspecified atom stereocenters. The molecule has 1 amide bonds. The number of likely N-dealkylation sites (tertiary alicyclic amines) is 1. The highest BCUT2D eigenvalue weighted by molar-refractivity contribution is 5.78. The van der Waals surface area contributed by atoms with Gasteiger partial charge in [0.1, 0.15) is 5.82 Å². The Morgan fingerprint density at radius 3 is 2.76 bits per heavy atom.